The molecule has 0 aromatic heterocycles. The molecule has 2 rings (SSSR count). The monoisotopic (exact) mass is 263 g/mol. The Balaban J connectivity index is 2.12. The number of ether oxygens (including phenoxy) is 1. The number of rotatable bonds is 4. The van der Waals surface area contributed by atoms with Gasteiger partial charge in [-0.25, -0.2) is 0 Å². The summed E-state index contributed by atoms with van der Waals surface area (Å²) in [6.45, 7) is 2.76. The Hall–Kier alpha value is -2.24. The number of nitrogen functional groups attached to an aromatic ring is 1. The van der Waals surface area contributed by atoms with Gasteiger partial charge >= 0.3 is 0 Å². The zero-order valence-electron chi connectivity index (χ0n) is 10.8. The van der Waals surface area contributed by atoms with Crippen molar-refractivity contribution in [2.45, 2.75) is 13.3 Å². The van der Waals surface area contributed by atoms with Gasteiger partial charge in [0.25, 0.3) is 5.91 Å². The molecular formula is C13H17N3O3. The lowest BCUT2D eigenvalue weighted by Gasteiger charge is -2.29. The topological polar surface area (TPSA) is 84.7 Å². The van der Waals surface area contributed by atoms with Crippen molar-refractivity contribution in [3.63, 3.8) is 0 Å². The van der Waals surface area contributed by atoms with E-state index < -0.39 is 0 Å². The van der Waals surface area contributed by atoms with Crippen molar-refractivity contribution in [2.24, 2.45) is 0 Å². The van der Waals surface area contributed by atoms with Crippen LogP contribution in [-0.2, 0) is 9.59 Å². The molecule has 0 saturated heterocycles. The molecule has 0 unspecified atom stereocenters. The number of nitrogens with two attached hydrogens (primary N) is 1. The van der Waals surface area contributed by atoms with Gasteiger partial charge in [-0.2, -0.15) is 0 Å². The van der Waals surface area contributed by atoms with Gasteiger partial charge in [0, 0.05) is 31.3 Å². The molecule has 0 bridgehead atoms. The molecule has 1 aromatic rings. The lowest BCUT2D eigenvalue weighted by Crippen LogP contribution is -2.41. The molecule has 0 atom stereocenters. The lowest BCUT2D eigenvalue weighted by atomic mass is 10.2. The molecular weight excluding hydrogens is 246 g/mol. The Morgan fingerprint density at radius 1 is 1.53 bits per heavy atom. The van der Waals surface area contributed by atoms with Crippen LogP contribution in [0.5, 0.6) is 5.75 Å². The lowest BCUT2D eigenvalue weighted by molar-refractivity contribution is -0.122. The summed E-state index contributed by atoms with van der Waals surface area (Å²) in [6, 6.07) is 5.13. The van der Waals surface area contributed by atoms with Crippen LogP contribution in [0, 0.1) is 0 Å². The number of carbonyl (C=O) groups excluding carboxylic acids is 2. The summed E-state index contributed by atoms with van der Waals surface area (Å²) in [7, 11) is 0. The maximum Gasteiger partial charge on any atom is 0.265 e. The minimum atomic E-state index is -0.151. The number of hydrogen-bond acceptors (Lipinski definition) is 4. The largest absolute Gasteiger partial charge is 0.481 e. The van der Waals surface area contributed by atoms with E-state index in [1.165, 1.54) is 0 Å². The summed E-state index contributed by atoms with van der Waals surface area (Å²) in [6.07, 6.45) is 0.267. The van der Waals surface area contributed by atoms with Gasteiger partial charge in [0.2, 0.25) is 5.91 Å². The molecule has 0 fully saturated rings. The molecule has 0 radical (unpaired) electrons. The van der Waals surface area contributed by atoms with Gasteiger partial charge in [0.15, 0.2) is 6.61 Å². The highest BCUT2D eigenvalue weighted by molar-refractivity contribution is 5.98. The van der Waals surface area contributed by atoms with Gasteiger partial charge in [0.05, 0.1) is 5.69 Å². The summed E-state index contributed by atoms with van der Waals surface area (Å²) < 4.78 is 5.33. The second-order valence-corrected chi connectivity index (χ2v) is 4.26. The highest BCUT2D eigenvalue weighted by Gasteiger charge is 2.25. The minimum absolute atomic E-state index is 0.0220. The Morgan fingerprint density at radius 3 is 3.05 bits per heavy atom. The van der Waals surface area contributed by atoms with Gasteiger partial charge in [0.1, 0.15) is 5.75 Å². The summed E-state index contributed by atoms with van der Waals surface area (Å²) in [5, 5.41) is 2.70. The van der Waals surface area contributed by atoms with E-state index in [1.54, 1.807) is 23.1 Å². The molecule has 2 amide bonds. The summed E-state index contributed by atoms with van der Waals surface area (Å²) in [4.78, 5) is 24.9. The zero-order valence-corrected chi connectivity index (χ0v) is 10.8. The Morgan fingerprint density at radius 2 is 2.32 bits per heavy atom. The molecule has 0 spiro atoms. The number of carbonyl (C=O) groups is 2. The van der Waals surface area contributed by atoms with Crippen LogP contribution < -0.4 is 20.7 Å². The maximum atomic E-state index is 11.9. The second-order valence-electron chi connectivity index (χ2n) is 4.26. The Bertz CT molecular complexity index is 502. The molecule has 3 N–H and O–H groups in total. The van der Waals surface area contributed by atoms with Gasteiger partial charge in [-0.3, -0.25) is 9.59 Å². The third-order valence-electron chi connectivity index (χ3n) is 2.86. The fourth-order valence-corrected chi connectivity index (χ4v) is 1.97. The number of anilines is 2. The number of hydrogen-bond donors (Lipinski definition) is 2. The van der Waals surface area contributed by atoms with Crippen LogP contribution in [-0.4, -0.2) is 31.5 Å². The normalized spacial score (nSPS) is 13.7. The number of nitrogens with one attached hydrogen (secondary N) is 1. The molecule has 1 heterocycles. The summed E-state index contributed by atoms with van der Waals surface area (Å²) >= 11 is 0. The number of amides is 2. The highest BCUT2D eigenvalue weighted by Crippen LogP contribution is 2.33. The van der Waals surface area contributed by atoms with Crippen molar-refractivity contribution in [3.05, 3.63) is 18.2 Å². The minimum Gasteiger partial charge on any atom is -0.481 e. The highest BCUT2D eigenvalue weighted by atomic mass is 16.5. The molecule has 1 aromatic carbocycles. The van der Waals surface area contributed by atoms with E-state index in [9.17, 15) is 9.59 Å². The molecule has 0 saturated carbocycles. The van der Waals surface area contributed by atoms with Crippen LogP contribution in [0.4, 0.5) is 11.4 Å². The predicted octanol–water partition coefficient (Wildman–Crippen LogP) is 0.520. The third kappa shape index (κ3) is 2.96. The van der Waals surface area contributed by atoms with Crippen LogP contribution in [0.25, 0.3) is 0 Å². The van der Waals surface area contributed by atoms with Crippen LogP contribution in [0.15, 0.2) is 18.2 Å². The van der Waals surface area contributed by atoms with Crippen LogP contribution in [0.2, 0.25) is 0 Å². The average Bonchev–Trinajstić information content (AvgIpc) is 2.38. The fourth-order valence-electron chi connectivity index (χ4n) is 1.97. The summed E-state index contributed by atoms with van der Waals surface area (Å²) in [5.41, 5.74) is 6.92. The maximum absolute atomic E-state index is 11.9. The van der Waals surface area contributed by atoms with Crippen molar-refractivity contribution in [1.82, 2.24) is 5.32 Å². The van der Waals surface area contributed by atoms with E-state index in [1.807, 2.05) is 6.92 Å². The predicted molar refractivity (Wildman–Crippen MR) is 72.0 cm³/mol. The third-order valence-corrected chi connectivity index (χ3v) is 2.86. The SMILES string of the molecule is CCNC(=O)CCN1C(=O)COc2cc(N)ccc21. The van der Waals surface area contributed by atoms with E-state index in [4.69, 9.17) is 10.5 Å². The zero-order chi connectivity index (χ0) is 13.8. The molecule has 0 aliphatic carbocycles. The van der Waals surface area contributed by atoms with E-state index in [2.05, 4.69) is 5.32 Å². The number of benzene rings is 1. The van der Waals surface area contributed by atoms with E-state index >= 15 is 0 Å². The van der Waals surface area contributed by atoms with Gasteiger partial charge in [-0.15, -0.1) is 0 Å². The van der Waals surface area contributed by atoms with Crippen LogP contribution >= 0.6 is 0 Å². The van der Waals surface area contributed by atoms with Crippen LogP contribution in [0.3, 0.4) is 0 Å². The quantitative estimate of drug-likeness (QED) is 0.776. The van der Waals surface area contributed by atoms with Crippen molar-refractivity contribution in [2.75, 3.05) is 30.3 Å². The first-order valence-corrected chi connectivity index (χ1v) is 6.21. The van der Waals surface area contributed by atoms with Crippen molar-refractivity contribution >= 4 is 23.2 Å². The molecule has 102 valence electrons. The first kappa shape index (κ1) is 13.2. The molecule has 1 aliphatic heterocycles. The van der Waals surface area contributed by atoms with Gasteiger partial charge in [-0.1, -0.05) is 0 Å². The Labute approximate surface area is 111 Å². The van der Waals surface area contributed by atoms with E-state index in [0.717, 1.165) is 0 Å². The van der Waals surface area contributed by atoms with E-state index in [-0.39, 0.29) is 24.8 Å². The van der Waals surface area contributed by atoms with Crippen molar-refractivity contribution in [1.29, 1.82) is 0 Å². The standard InChI is InChI=1S/C13H17N3O3/c1-2-15-12(17)5-6-16-10-4-3-9(14)7-11(10)19-8-13(16)18/h3-4,7H,2,5-6,8,14H2,1H3,(H,15,17). The molecule has 6 nitrogen and oxygen atoms in total. The first-order chi connectivity index (χ1) is 9.11. The van der Waals surface area contributed by atoms with E-state index in [0.29, 0.717) is 30.2 Å². The summed E-state index contributed by atoms with van der Waals surface area (Å²) in [5.74, 6) is 0.357. The number of fused-ring (bicyclic) bond motifs is 1. The fraction of sp³-hybridized carbons (Fsp3) is 0.385. The molecule has 1 aliphatic rings. The van der Waals surface area contributed by atoms with Gasteiger partial charge < -0.3 is 20.7 Å². The van der Waals surface area contributed by atoms with Gasteiger partial charge in [-0.05, 0) is 19.1 Å². The molecule has 6 heteroatoms. The van der Waals surface area contributed by atoms with Crippen molar-refractivity contribution in [3.8, 4) is 5.75 Å². The van der Waals surface area contributed by atoms with Crippen molar-refractivity contribution < 1.29 is 14.3 Å². The first-order valence-electron chi connectivity index (χ1n) is 6.21. The Kier molecular flexibility index (Phi) is 3.89. The van der Waals surface area contributed by atoms with Crippen LogP contribution in [0.1, 0.15) is 13.3 Å². The average molecular weight is 263 g/mol. The smallest absolute Gasteiger partial charge is 0.265 e. The molecule has 19 heavy (non-hydrogen) atoms. The second kappa shape index (κ2) is 5.60. The number of nitrogens with zero attached hydrogens (tertiary/aromatic N) is 1.